The minimum atomic E-state index is -3.79. The summed E-state index contributed by atoms with van der Waals surface area (Å²) in [6.45, 7) is 2.28. The molecule has 3 rings (SSSR count). The molecule has 2 aromatic carbocycles. The van der Waals surface area contributed by atoms with Crippen molar-refractivity contribution in [3.8, 4) is 0 Å². The van der Waals surface area contributed by atoms with Crippen LogP contribution in [0.5, 0.6) is 0 Å². The Morgan fingerprint density at radius 3 is 2.27 bits per heavy atom. The molecule has 0 radical (unpaired) electrons. The van der Waals surface area contributed by atoms with E-state index in [2.05, 4.69) is 0 Å². The Hall–Kier alpha value is -2.86. The van der Waals surface area contributed by atoms with Crippen LogP contribution in [0.25, 0.3) is 0 Å². The largest absolute Gasteiger partial charge is 0.439 e. The first-order valence-corrected chi connectivity index (χ1v) is 9.57. The SMILES string of the molecule is Cc1ccc(S(=O)(=O)c2ccc(C(=O)N(C)Cc3ccccc3)o2)cc1. The molecule has 0 aliphatic heterocycles. The third kappa shape index (κ3) is 3.70. The topological polar surface area (TPSA) is 67.6 Å². The smallest absolute Gasteiger partial charge is 0.289 e. The molecular formula is C20H19NO4S. The van der Waals surface area contributed by atoms with Crippen LogP contribution in [-0.2, 0) is 16.4 Å². The molecule has 3 aromatic rings. The number of hydrogen-bond acceptors (Lipinski definition) is 4. The highest BCUT2D eigenvalue weighted by Crippen LogP contribution is 2.24. The van der Waals surface area contributed by atoms with E-state index in [4.69, 9.17) is 4.42 Å². The maximum atomic E-state index is 12.6. The average molecular weight is 369 g/mol. The van der Waals surface area contributed by atoms with Crippen LogP contribution in [0.3, 0.4) is 0 Å². The second-order valence-electron chi connectivity index (χ2n) is 6.08. The Bertz CT molecular complexity index is 1010. The molecular weight excluding hydrogens is 350 g/mol. The molecule has 1 aromatic heterocycles. The van der Waals surface area contributed by atoms with Gasteiger partial charge in [-0.2, -0.15) is 0 Å². The van der Waals surface area contributed by atoms with E-state index in [0.717, 1.165) is 11.1 Å². The molecule has 0 saturated heterocycles. The number of nitrogens with zero attached hydrogens (tertiary/aromatic N) is 1. The van der Waals surface area contributed by atoms with E-state index in [0.29, 0.717) is 6.54 Å². The van der Waals surface area contributed by atoms with Crippen molar-refractivity contribution in [2.45, 2.75) is 23.5 Å². The van der Waals surface area contributed by atoms with E-state index in [-0.39, 0.29) is 21.7 Å². The fraction of sp³-hybridized carbons (Fsp3) is 0.150. The van der Waals surface area contributed by atoms with Gasteiger partial charge < -0.3 is 9.32 Å². The summed E-state index contributed by atoms with van der Waals surface area (Å²) in [5.41, 5.74) is 1.93. The van der Waals surface area contributed by atoms with Gasteiger partial charge in [-0.3, -0.25) is 4.79 Å². The lowest BCUT2D eigenvalue weighted by molar-refractivity contribution is 0.0747. The lowest BCUT2D eigenvalue weighted by atomic mass is 10.2. The van der Waals surface area contributed by atoms with Gasteiger partial charge in [0.1, 0.15) is 0 Å². The summed E-state index contributed by atoms with van der Waals surface area (Å²) in [6, 6.07) is 18.7. The van der Waals surface area contributed by atoms with E-state index in [1.807, 2.05) is 37.3 Å². The number of aryl methyl sites for hydroxylation is 1. The number of furan rings is 1. The third-order valence-electron chi connectivity index (χ3n) is 4.00. The van der Waals surface area contributed by atoms with Crippen LogP contribution in [0.15, 0.2) is 81.1 Å². The van der Waals surface area contributed by atoms with E-state index < -0.39 is 9.84 Å². The van der Waals surface area contributed by atoms with Crippen LogP contribution < -0.4 is 0 Å². The summed E-state index contributed by atoms with van der Waals surface area (Å²) in [6.07, 6.45) is 0. The zero-order valence-electron chi connectivity index (χ0n) is 14.5. The van der Waals surface area contributed by atoms with Gasteiger partial charge in [-0.25, -0.2) is 8.42 Å². The van der Waals surface area contributed by atoms with Gasteiger partial charge in [0.2, 0.25) is 14.9 Å². The van der Waals surface area contributed by atoms with Crippen LogP contribution in [0, 0.1) is 6.92 Å². The summed E-state index contributed by atoms with van der Waals surface area (Å²) < 4.78 is 30.6. The minimum Gasteiger partial charge on any atom is -0.439 e. The Balaban J connectivity index is 1.80. The molecule has 0 saturated carbocycles. The van der Waals surface area contributed by atoms with Gasteiger partial charge in [0.25, 0.3) is 5.91 Å². The third-order valence-corrected chi connectivity index (χ3v) is 5.64. The first-order chi connectivity index (χ1) is 12.4. The van der Waals surface area contributed by atoms with Crippen LogP contribution in [0.4, 0.5) is 0 Å². The monoisotopic (exact) mass is 369 g/mol. The molecule has 0 spiro atoms. The molecule has 0 aliphatic rings. The predicted molar refractivity (Wildman–Crippen MR) is 97.6 cm³/mol. The fourth-order valence-electron chi connectivity index (χ4n) is 2.53. The molecule has 5 nitrogen and oxygen atoms in total. The van der Waals surface area contributed by atoms with E-state index in [1.54, 1.807) is 19.2 Å². The molecule has 134 valence electrons. The van der Waals surface area contributed by atoms with Crippen molar-refractivity contribution >= 4 is 15.7 Å². The van der Waals surface area contributed by atoms with E-state index >= 15 is 0 Å². The highest BCUT2D eigenvalue weighted by Gasteiger charge is 2.24. The fourth-order valence-corrected chi connectivity index (χ4v) is 3.70. The number of sulfone groups is 1. The second kappa shape index (κ2) is 7.17. The van der Waals surface area contributed by atoms with Crippen molar-refractivity contribution < 1.29 is 17.6 Å². The van der Waals surface area contributed by atoms with Crippen LogP contribution in [0.1, 0.15) is 21.7 Å². The zero-order chi connectivity index (χ0) is 18.7. The van der Waals surface area contributed by atoms with Crippen molar-refractivity contribution in [1.82, 2.24) is 4.90 Å². The van der Waals surface area contributed by atoms with Crippen molar-refractivity contribution in [3.63, 3.8) is 0 Å². The summed E-state index contributed by atoms with van der Waals surface area (Å²) in [5.74, 6) is -0.381. The molecule has 0 aliphatic carbocycles. The van der Waals surface area contributed by atoms with Crippen molar-refractivity contribution in [1.29, 1.82) is 0 Å². The molecule has 1 amide bonds. The Kier molecular flexibility index (Phi) is 4.95. The van der Waals surface area contributed by atoms with Gasteiger partial charge in [-0.1, -0.05) is 48.0 Å². The predicted octanol–water partition coefficient (Wildman–Crippen LogP) is 3.69. The van der Waals surface area contributed by atoms with E-state index in [9.17, 15) is 13.2 Å². The highest BCUT2D eigenvalue weighted by molar-refractivity contribution is 7.91. The maximum Gasteiger partial charge on any atom is 0.289 e. The van der Waals surface area contributed by atoms with Crippen LogP contribution in [0.2, 0.25) is 0 Å². The first-order valence-electron chi connectivity index (χ1n) is 8.09. The number of benzene rings is 2. The van der Waals surface area contributed by atoms with Gasteiger partial charge in [0, 0.05) is 13.6 Å². The maximum absolute atomic E-state index is 12.6. The van der Waals surface area contributed by atoms with Crippen molar-refractivity contribution in [2.24, 2.45) is 0 Å². The lowest BCUT2D eigenvalue weighted by Gasteiger charge is -2.15. The summed E-state index contributed by atoms with van der Waals surface area (Å²) in [7, 11) is -2.15. The molecule has 0 atom stereocenters. The molecule has 6 heteroatoms. The summed E-state index contributed by atoms with van der Waals surface area (Å²) in [4.78, 5) is 14.1. The number of carbonyl (C=O) groups excluding carboxylic acids is 1. The molecule has 26 heavy (non-hydrogen) atoms. The number of amides is 1. The summed E-state index contributed by atoms with van der Waals surface area (Å²) >= 11 is 0. The summed E-state index contributed by atoms with van der Waals surface area (Å²) in [5, 5.41) is -0.238. The van der Waals surface area contributed by atoms with Gasteiger partial charge in [-0.05, 0) is 36.8 Å². The second-order valence-corrected chi connectivity index (χ2v) is 7.96. The highest BCUT2D eigenvalue weighted by atomic mass is 32.2. The van der Waals surface area contributed by atoms with Crippen molar-refractivity contribution in [2.75, 3.05) is 7.05 Å². The van der Waals surface area contributed by atoms with E-state index in [1.165, 1.54) is 29.2 Å². The van der Waals surface area contributed by atoms with Crippen molar-refractivity contribution in [3.05, 3.63) is 83.6 Å². The minimum absolute atomic E-state index is 0.00545. The number of rotatable bonds is 5. The lowest BCUT2D eigenvalue weighted by Crippen LogP contribution is -2.25. The zero-order valence-corrected chi connectivity index (χ0v) is 15.4. The number of hydrogen-bond donors (Lipinski definition) is 0. The molecule has 0 N–H and O–H groups in total. The first kappa shape index (κ1) is 17.9. The Morgan fingerprint density at radius 2 is 1.62 bits per heavy atom. The number of carbonyl (C=O) groups is 1. The van der Waals surface area contributed by atoms with Crippen LogP contribution >= 0.6 is 0 Å². The van der Waals surface area contributed by atoms with Gasteiger partial charge in [-0.15, -0.1) is 0 Å². The average Bonchev–Trinajstić information content (AvgIpc) is 3.13. The molecule has 1 heterocycles. The standard InChI is InChI=1S/C20H19NO4S/c1-15-8-10-17(11-9-15)26(23,24)19-13-12-18(25-19)20(22)21(2)14-16-6-4-3-5-7-16/h3-13H,14H2,1-2H3. The van der Waals surface area contributed by atoms with Gasteiger partial charge in [0.15, 0.2) is 5.76 Å². The quantitative estimate of drug-likeness (QED) is 0.688. The Morgan fingerprint density at radius 1 is 0.962 bits per heavy atom. The molecule has 0 bridgehead atoms. The molecule has 0 unspecified atom stereocenters. The van der Waals surface area contributed by atoms with Gasteiger partial charge >= 0.3 is 0 Å². The van der Waals surface area contributed by atoms with Crippen LogP contribution in [-0.4, -0.2) is 26.3 Å². The normalized spacial score (nSPS) is 11.3. The van der Waals surface area contributed by atoms with Gasteiger partial charge in [0.05, 0.1) is 4.90 Å². The Labute approximate surface area is 152 Å². The molecule has 0 fully saturated rings.